The third-order valence-corrected chi connectivity index (χ3v) is 25.9. The van der Waals surface area contributed by atoms with Crippen molar-refractivity contribution in [1.82, 2.24) is 20.4 Å². The highest BCUT2D eigenvalue weighted by atomic mass is 16.5. The Morgan fingerprint density at radius 2 is 1.41 bits per heavy atom. The SMILES string of the molecule is CC1(C)C2=CC=CCC2C2CCC(C3C=CC(C4CC(C#N)C(N5C6CCCCC6C6C7C(CCC65)OC5CCC=CC57)CC4N4C5=C(CCCC5)C5C6C(CCC54)OC4CCCCC46)NC(C4=CCCCC4)N3)C=C21. The van der Waals surface area contributed by atoms with Crippen molar-refractivity contribution >= 4 is 0 Å². The fourth-order valence-electron chi connectivity index (χ4n) is 23.2. The van der Waals surface area contributed by atoms with Gasteiger partial charge in [0.25, 0.3) is 0 Å². The molecule has 0 radical (unpaired) electrons. The third kappa shape index (κ3) is 7.67. The van der Waals surface area contributed by atoms with Crippen molar-refractivity contribution in [1.29, 1.82) is 5.26 Å². The van der Waals surface area contributed by atoms with Gasteiger partial charge in [0.1, 0.15) is 0 Å². The van der Waals surface area contributed by atoms with Crippen molar-refractivity contribution in [3.05, 3.63) is 82.7 Å². The molecule has 5 heterocycles. The van der Waals surface area contributed by atoms with Gasteiger partial charge in [0.05, 0.1) is 42.6 Å². The first-order chi connectivity index (χ1) is 37.4. The molecule has 0 aromatic carbocycles. The lowest BCUT2D eigenvalue weighted by atomic mass is 9.62. The second kappa shape index (κ2) is 19.5. The second-order valence-corrected chi connectivity index (χ2v) is 29.3. The second-order valence-electron chi connectivity index (χ2n) is 29.3. The van der Waals surface area contributed by atoms with E-state index in [4.69, 9.17) is 9.47 Å². The molecule has 3 saturated heterocycles. The van der Waals surface area contributed by atoms with E-state index in [0.29, 0.717) is 108 Å². The summed E-state index contributed by atoms with van der Waals surface area (Å²) >= 11 is 0. The van der Waals surface area contributed by atoms with E-state index < -0.39 is 0 Å². The van der Waals surface area contributed by atoms with E-state index in [1.807, 2.05) is 5.57 Å². The van der Waals surface area contributed by atoms with Crippen LogP contribution in [-0.2, 0) is 9.47 Å². The van der Waals surface area contributed by atoms with E-state index in [2.05, 4.69) is 95.0 Å². The molecule has 6 saturated carbocycles. The Labute approximate surface area is 458 Å². The number of nitrogens with zero attached hydrogens (tertiary/aromatic N) is 3. The van der Waals surface area contributed by atoms with Gasteiger partial charge < -0.3 is 14.4 Å². The maximum absolute atomic E-state index is 12.0. The topological polar surface area (TPSA) is 72.8 Å². The van der Waals surface area contributed by atoms with Crippen molar-refractivity contribution in [3.8, 4) is 6.07 Å². The van der Waals surface area contributed by atoms with Crippen LogP contribution in [0, 0.1) is 87.8 Å². The smallest absolute Gasteiger partial charge is 0.0803 e. The number of ether oxygens (including phenoxy) is 2. The number of nitrogens with one attached hydrogen (secondary N) is 2. The summed E-state index contributed by atoms with van der Waals surface area (Å²) in [5.41, 5.74) is 8.84. The zero-order chi connectivity index (χ0) is 50.4. The molecule has 7 nitrogen and oxygen atoms in total. The summed E-state index contributed by atoms with van der Waals surface area (Å²) < 4.78 is 14.3. The Balaban J connectivity index is 0.790. The highest BCUT2D eigenvalue weighted by Crippen LogP contribution is 2.64. The summed E-state index contributed by atoms with van der Waals surface area (Å²) in [6, 6.07) is 6.25. The molecule has 16 aliphatic rings. The van der Waals surface area contributed by atoms with E-state index in [1.54, 1.807) is 22.4 Å². The molecule has 7 heteroatoms. The standard InChI is InChI=1S/C69H95N5O2/c1-69(2)50-23-11-6-18-43(50)44-29-28-41(37-51(44)69)52-30-31-53(72-68(71-52)40-16-4-3-5-17-40)49-36-42(39-70)58(73-54-24-12-7-19-45(54)64-56(73)32-34-62-66(64)47-21-9-14-26-60(47)75-62)38-59(49)74-55-25-13-8-20-46(55)65-57(74)33-35-63-67(65)48-22-10-15-27-61(48)76-63/h6,9,11,16,21,23,30-31,37,41-45,47-49,52-54,56-68,71-72H,3-5,7-8,10,12-15,17-20,22,24-29,32-36,38H2,1-2H3. The summed E-state index contributed by atoms with van der Waals surface area (Å²) in [7, 11) is 0. The van der Waals surface area contributed by atoms with E-state index in [-0.39, 0.29) is 29.6 Å². The molecule has 24 atom stereocenters. The first kappa shape index (κ1) is 49.1. The fraction of sp³-hybridized carbons (Fsp3) is 0.783. The van der Waals surface area contributed by atoms with Crippen molar-refractivity contribution in [2.75, 3.05) is 0 Å². The number of nitriles is 1. The van der Waals surface area contributed by atoms with Crippen LogP contribution in [0.4, 0.5) is 0 Å². The van der Waals surface area contributed by atoms with Crippen LogP contribution in [0.15, 0.2) is 82.7 Å². The average molecular weight is 1030 g/mol. The number of likely N-dealkylation sites (tertiary alicyclic amines) is 1. The monoisotopic (exact) mass is 1030 g/mol. The quantitative estimate of drug-likeness (QED) is 0.266. The van der Waals surface area contributed by atoms with Crippen LogP contribution in [0.1, 0.15) is 187 Å². The molecule has 0 bridgehead atoms. The number of rotatable bonds is 5. The average Bonchev–Trinajstić information content (AvgIpc) is 4.26. The van der Waals surface area contributed by atoms with E-state index in [9.17, 15) is 5.26 Å². The Morgan fingerprint density at radius 1 is 0.605 bits per heavy atom. The largest absolute Gasteiger partial charge is 0.374 e. The van der Waals surface area contributed by atoms with Gasteiger partial charge in [-0.25, -0.2) is 0 Å². The lowest BCUT2D eigenvalue weighted by Gasteiger charge is -2.54. The molecule has 16 rings (SSSR count). The van der Waals surface area contributed by atoms with Crippen molar-refractivity contribution in [2.45, 2.75) is 260 Å². The summed E-state index contributed by atoms with van der Waals surface area (Å²) in [5.74, 6) is 7.05. The maximum atomic E-state index is 12.0. The number of fused-ring (bicyclic) bond motifs is 16. The van der Waals surface area contributed by atoms with E-state index in [1.165, 1.54) is 161 Å². The molecule has 0 aromatic heterocycles. The van der Waals surface area contributed by atoms with Gasteiger partial charge in [-0.1, -0.05) is 105 Å². The molecular formula is C69H95N5O2. The summed E-state index contributed by atoms with van der Waals surface area (Å²) in [4.78, 5) is 6.47. The lowest BCUT2D eigenvalue weighted by molar-refractivity contribution is -0.0468. The van der Waals surface area contributed by atoms with Crippen molar-refractivity contribution in [2.24, 2.45) is 76.4 Å². The molecule has 0 amide bonds. The highest BCUT2D eigenvalue weighted by Gasteiger charge is 2.65. The molecule has 76 heavy (non-hydrogen) atoms. The van der Waals surface area contributed by atoms with Crippen LogP contribution >= 0.6 is 0 Å². The molecule has 5 aliphatic heterocycles. The van der Waals surface area contributed by atoms with Crippen LogP contribution in [0.3, 0.4) is 0 Å². The van der Waals surface area contributed by atoms with Crippen LogP contribution in [-0.4, -0.2) is 82.7 Å². The molecule has 24 unspecified atom stereocenters. The van der Waals surface area contributed by atoms with Gasteiger partial charge in [-0.05, 0) is 212 Å². The minimum Gasteiger partial charge on any atom is -0.374 e. The predicted molar refractivity (Wildman–Crippen MR) is 302 cm³/mol. The van der Waals surface area contributed by atoms with Gasteiger partial charge in [-0.2, -0.15) is 5.26 Å². The minimum absolute atomic E-state index is 0.0362. The van der Waals surface area contributed by atoms with E-state index >= 15 is 0 Å². The molecular weight excluding hydrogens is 931 g/mol. The Morgan fingerprint density at radius 3 is 2.30 bits per heavy atom. The van der Waals surface area contributed by atoms with Crippen LogP contribution in [0.5, 0.6) is 0 Å². The first-order valence-electron chi connectivity index (χ1n) is 33.0. The number of allylic oxidation sites excluding steroid dienone is 8. The minimum atomic E-state index is 0.0362. The van der Waals surface area contributed by atoms with Crippen molar-refractivity contribution < 1.29 is 9.47 Å². The Kier molecular flexibility index (Phi) is 12.6. The molecule has 408 valence electrons. The molecule has 0 aromatic rings. The highest BCUT2D eigenvalue weighted by molar-refractivity contribution is 5.45. The molecule has 11 aliphatic carbocycles. The van der Waals surface area contributed by atoms with Gasteiger partial charge in [0, 0.05) is 65.2 Å². The van der Waals surface area contributed by atoms with E-state index in [0.717, 1.165) is 24.7 Å². The normalized spacial score (nSPS) is 50.8. The Hall–Kier alpha value is -2.73. The zero-order valence-corrected chi connectivity index (χ0v) is 46.8. The van der Waals surface area contributed by atoms with Crippen LogP contribution in [0.2, 0.25) is 0 Å². The van der Waals surface area contributed by atoms with Gasteiger partial charge in [0.15, 0.2) is 0 Å². The predicted octanol–water partition coefficient (Wildman–Crippen LogP) is 13.6. The molecule has 0 spiro atoms. The summed E-state index contributed by atoms with van der Waals surface area (Å²) in [6.45, 7) is 5.07. The van der Waals surface area contributed by atoms with Gasteiger partial charge in [0.2, 0.25) is 0 Å². The first-order valence-corrected chi connectivity index (χ1v) is 33.0. The summed E-state index contributed by atoms with van der Waals surface area (Å²) in [5, 5.41) is 21.0. The van der Waals surface area contributed by atoms with Gasteiger partial charge >= 0.3 is 0 Å². The third-order valence-electron chi connectivity index (χ3n) is 25.9. The van der Waals surface area contributed by atoms with Crippen LogP contribution in [0.25, 0.3) is 0 Å². The number of hydrogen-bond acceptors (Lipinski definition) is 7. The maximum Gasteiger partial charge on any atom is 0.0803 e. The lowest BCUT2D eigenvalue weighted by Crippen LogP contribution is -2.62. The van der Waals surface area contributed by atoms with Gasteiger partial charge in [-0.15, -0.1) is 0 Å². The van der Waals surface area contributed by atoms with Gasteiger partial charge in [-0.3, -0.25) is 15.5 Å². The van der Waals surface area contributed by atoms with Crippen LogP contribution < -0.4 is 10.6 Å². The van der Waals surface area contributed by atoms with Crippen molar-refractivity contribution in [3.63, 3.8) is 0 Å². The zero-order valence-electron chi connectivity index (χ0n) is 46.8. The molecule has 2 N–H and O–H groups in total. The molecule has 9 fully saturated rings. The fourth-order valence-corrected chi connectivity index (χ4v) is 23.2. The number of hydrogen-bond donors (Lipinski definition) is 2. The Bertz CT molecular complexity index is 2530. The summed E-state index contributed by atoms with van der Waals surface area (Å²) in [6.07, 6.45) is 59.7.